The predicted molar refractivity (Wildman–Crippen MR) is 132 cm³/mol. The van der Waals surface area contributed by atoms with Gasteiger partial charge in [-0.05, 0) is 63.0 Å². The van der Waals surface area contributed by atoms with E-state index in [0.717, 1.165) is 16.5 Å². The molecular weight excluding hydrogens is 540 g/mol. The molecule has 2 aromatic heterocycles. The number of amides is 1. The lowest BCUT2D eigenvalue weighted by atomic mass is 10.1. The highest BCUT2D eigenvalue weighted by Crippen LogP contribution is 2.35. The fraction of sp³-hybridized carbons (Fsp3) is 0.391. The van der Waals surface area contributed by atoms with Crippen LogP contribution in [0.15, 0.2) is 45.7 Å². The summed E-state index contributed by atoms with van der Waals surface area (Å²) in [5, 5.41) is 4.99. The Morgan fingerprint density at radius 3 is 2.34 bits per heavy atom. The largest absolute Gasteiger partial charge is 0.443 e. The van der Waals surface area contributed by atoms with Crippen molar-refractivity contribution in [3.63, 3.8) is 0 Å². The summed E-state index contributed by atoms with van der Waals surface area (Å²) >= 11 is 6.82. The van der Waals surface area contributed by atoms with Crippen molar-refractivity contribution in [2.45, 2.75) is 58.0 Å². The number of anilines is 1. The first-order chi connectivity index (χ1) is 14.9. The Balaban J connectivity index is 2.07. The van der Waals surface area contributed by atoms with Crippen LogP contribution in [-0.4, -0.2) is 32.4 Å². The summed E-state index contributed by atoms with van der Waals surface area (Å²) in [4.78, 5) is 23.7. The summed E-state index contributed by atoms with van der Waals surface area (Å²) in [6, 6.07) is 9.79. The molecule has 1 aromatic carbocycles. The minimum Gasteiger partial charge on any atom is -0.443 e. The van der Waals surface area contributed by atoms with Crippen LogP contribution in [0.25, 0.3) is 22.7 Å². The van der Waals surface area contributed by atoms with Crippen LogP contribution in [-0.2, 0) is 10.1 Å². The Morgan fingerprint density at radius 2 is 1.78 bits per heavy atom. The van der Waals surface area contributed by atoms with Gasteiger partial charge in [0, 0.05) is 22.5 Å². The summed E-state index contributed by atoms with van der Waals surface area (Å²) in [5.41, 5.74) is 1.83. The van der Waals surface area contributed by atoms with Crippen LogP contribution < -0.4 is 4.90 Å². The average Bonchev–Trinajstić information content (AvgIpc) is 3.17. The van der Waals surface area contributed by atoms with E-state index >= 15 is 0 Å². The van der Waals surface area contributed by atoms with E-state index in [1.165, 1.54) is 11.1 Å². The van der Waals surface area contributed by atoms with Gasteiger partial charge >= 0.3 is 6.09 Å². The molecule has 3 rings (SSSR count). The summed E-state index contributed by atoms with van der Waals surface area (Å²) in [5.74, 6) is 0.721. The molecule has 0 aliphatic carbocycles. The molecule has 32 heavy (non-hydrogen) atoms. The summed E-state index contributed by atoms with van der Waals surface area (Å²) in [6.07, 6.45) is 1.02. The minimum atomic E-state index is -0.662. The van der Waals surface area contributed by atoms with Crippen LogP contribution in [0.1, 0.15) is 47.1 Å². The lowest BCUT2D eigenvalue weighted by Gasteiger charge is -2.36. The zero-order valence-electron chi connectivity index (χ0n) is 18.9. The Hall–Kier alpha value is -2.26. The molecule has 9 heteroatoms. The number of rotatable bonds is 4. The van der Waals surface area contributed by atoms with Crippen LogP contribution in [0, 0.1) is 0 Å². The zero-order valence-corrected chi connectivity index (χ0v) is 22.1. The van der Waals surface area contributed by atoms with Crippen LogP contribution in [0.3, 0.4) is 0 Å². The van der Waals surface area contributed by atoms with Gasteiger partial charge in [-0.15, -0.1) is 0 Å². The number of hydrogen-bond acceptors (Lipinski definition) is 6. The number of halogens is 2. The number of hydrogen-bond donors (Lipinski definition) is 0. The number of aromatic nitrogens is 3. The topological polar surface area (TPSA) is 81.4 Å². The number of alkyl halides is 1. The highest BCUT2D eigenvalue weighted by molar-refractivity contribution is 9.10. The molecule has 0 unspecified atom stereocenters. The maximum absolute atomic E-state index is 13.1. The molecule has 0 spiro atoms. The molecular formula is C23H26Br2N4O3. The van der Waals surface area contributed by atoms with Crippen molar-refractivity contribution in [1.82, 2.24) is 15.1 Å². The van der Waals surface area contributed by atoms with Crippen molar-refractivity contribution in [2.75, 3.05) is 4.90 Å². The van der Waals surface area contributed by atoms with Gasteiger partial charge in [0.25, 0.3) is 0 Å². The van der Waals surface area contributed by atoms with E-state index in [1.54, 1.807) is 6.07 Å². The van der Waals surface area contributed by atoms with Crippen LogP contribution in [0.5, 0.6) is 0 Å². The molecule has 0 N–H and O–H groups in total. The van der Waals surface area contributed by atoms with Gasteiger partial charge in [-0.2, -0.15) is 0 Å². The van der Waals surface area contributed by atoms with E-state index < -0.39 is 17.2 Å². The van der Waals surface area contributed by atoms with E-state index in [4.69, 9.17) is 9.26 Å². The summed E-state index contributed by atoms with van der Waals surface area (Å²) in [6.45, 7) is 11.2. The lowest BCUT2D eigenvalue weighted by Crippen LogP contribution is -2.49. The van der Waals surface area contributed by atoms with Crippen molar-refractivity contribution in [2.24, 2.45) is 0 Å². The van der Waals surface area contributed by atoms with E-state index in [0.29, 0.717) is 27.6 Å². The third-order valence-electron chi connectivity index (χ3n) is 4.33. The Morgan fingerprint density at radius 1 is 1.12 bits per heavy atom. The monoisotopic (exact) mass is 564 g/mol. The molecule has 7 nitrogen and oxygen atoms in total. The molecule has 0 bridgehead atoms. The maximum atomic E-state index is 13.1. The van der Waals surface area contributed by atoms with Crippen LogP contribution in [0.2, 0.25) is 0 Å². The minimum absolute atomic E-state index is 0.326. The molecule has 0 saturated carbocycles. The molecule has 170 valence electrons. The van der Waals surface area contributed by atoms with E-state index in [1.807, 2.05) is 65.8 Å². The number of benzene rings is 1. The van der Waals surface area contributed by atoms with Gasteiger partial charge in [0.15, 0.2) is 17.3 Å². The van der Waals surface area contributed by atoms with Gasteiger partial charge in [-0.25, -0.2) is 14.8 Å². The Bertz CT molecular complexity index is 1100. The van der Waals surface area contributed by atoms with Crippen molar-refractivity contribution in [3.05, 3.63) is 46.7 Å². The molecule has 0 atom stereocenters. The molecule has 0 aliphatic heterocycles. The third kappa shape index (κ3) is 5.75. The highest BCUT2D eigenvalue weighted by atomic mass is 79.9. The van der Waals surface area contributed by atoms with Crippen molar-refractivity contribution in [1.29, 1.82) is 0 Å². The van der Waals surface area contributed by atoms with E-state index in [-0.39, 0.29) is 0 Å². The average molecular weight is 566 g/mol. The van der Waals surface area contributed by atoms with Gasteiger partial charge in [-0.3, -0.25) is 4.90 Å². The van der Waals surface area contributed by atoms with Crippen LogP contribution in [0.4, 0.5) is 10.6 Å². The molecule has 2 heterocycles. The SMILES string of the molecule is CC(C)(C)OC(=O)N(c1ncc(Br)nc1-c1cc(-c2ccc(CBr)cc2)no1)C(C)(C)C. The molecule has 3 aromatic rings. The van der Waals surface area contributed by atoms with E-state index in [2.05, 4.69) is 47.0 Å². The van der Waals surface area contributed by atoms with Gasteiger partial charge in [0.05, 0.1) is 6.20 Å². The molecule has 1 amide bonds. The fourth-order valence-corrected chi connectivity index (χ4v) is 3.62. The summed E-state index contributed by atoms with van der Waals surface area (Å²) in [7, 11) is 0. The predicted octanol–water partition coefficient (Wildman–Crippen LogP) is 7.00. The molecule has 0 saturated heterocycles. The van der Waals surface area contributed by atoms with Crippen molar-refractivity contribution >= 4 is 43.8 Å². The number of ether oxygens (including phenoxy) is 1. The number of nitrogens with zero attached hydrogens (tertiary/aromatic N) is 4. The third-order valence-corrected chi connectivity index (χ3v) is 5.36. The summed E-state index contributed by atoms with van der Waals surface area (Å²) < 4.78 is 11.8. The van der Waals surface area contributed by atoms with E-state index in [9.17, 15) is 4.79 Å². The number of carbonyl (C=O) groups is 1. The fourth-order valence-electron chi connectivity index (χ4n) is 2.96. The first kappa shape index (κ1) is 24.4. The molecule has 0 radical (unpaired) electrons. The van der Waals surface area contributed by atoms with Crippen molar-refractivity contribution < 1.29 is 14.1 Å². The maximum Gasteiger partial charge on any atom is 0.416 e. The van der Waals surface area contributed by atoms with Gasteiger partial charge < -0.3 is 9.26 Å². The van der Waals surface area contributed by atoms with Crippen LogP contribution >= 0.6 is 31.9 Å². The number of carbonyl (C=O) groups excluding carboxylic acids is 1. The molecule has 0 aliphatic rings. The molecule has 0 fully saturated rings. The Labute approximate surface area is 204 Å². The lowest BCUT2D eigenvalue weighted by molar-refractivity contribution is 0.0549. The van der Waals surface area contributed by atoms with Gasteiger partial charge in [-0.1, -0.05) is 45.4 Å². The highest BCUT2D eigenvalue weighted by Gasteiger charge is 2.36. The smallest absolute Gasteiger partial charge is 0.416 e. The van der Waals surface area contributed by atoms with Gasteiger partial charge in [0.2, 0.25) is 0 Å². The first-order valence-corrected chi connectivity index (χ1v) is 12.0. The Kier molecular flexibility index (Phi) is 7.09. The van der Waals surface area contributed by atoms with Gasteiger partial charge in [0.1, 0.15) is 15.9 Å². The van der Waals surface area contributed by atoms with Crippen molar-refractivity contribution in [3.8, 4) is 22.7 Å². The normalized spacial score (nSPS) is 12.0. The quantitative estimate of drug-likeness (QED) is 0.317. The second kappa shape index (κ2) is 9.31. The zero-order chi connectivity index (χ0) is 23.7. The standard InChI is InChI=1S/C23H26Br2N4O3/c1-22(2,3)29(21(30)31-23(4,5)6)20-19(27-18(25)13-26-20)17-11-16(28-32-17)15-9-7-14(12-24)8-10-15/h7-11,13H,12H2,1-6H3. The second-order valence-corrected chi connectivity index (χ2v) is 10.6. The second-order valence-electron chi connectivity index (χ2n) is 9.26. The first-order valence-electron chi connectivity index (χ1n) is 10.1.